The molecular formula is C36H54N10O4. The molecule has 0 spiro atoms. The number of nitrogens with two attached hydrogens (primary N) is 1. The smallest absolute Gasteiger partial charge is 0.273 e. The maximum Gasteiger partial charge on any atom is 0.273 e. The lowest BCUT2D eigenvalue weighted by atomic mass is 10.1. The summed E-state index contributed by atoms with van der Waals surface area (Å²) in [4.78, 5) is 41.2. The van der Waals surface area contributed by atoms with Crippen LogP contribution in [0.25, 0.3) is 11.0 Å². The van der Waals surface area contributed by atoms with Crippen LogP contribution in [0, 0.1) is 6.92 Å². The number of morpholine rings is 1. The molecule has 272 valence electrons. The summed E-state index contributed by atoms with van der Waals surface area (Å²) in [5.74, 6) is -0.228. The van der Waals surface area contributed by atoms with Crippen LogP contribution < -0.4 is 16.4 Å². The highest BCUT2D eigenvalue weighted by molar-refractivity contribution is 5.97. The molecule has 0 radical (unpaired) electrons. The van der Waals surface area contributed by atoms with E-state index in [0.29, 0.717) is 48.9 Å². The van der Waals surface area contributed by atoms with Crippen molar-refractivity contribution in [2.75, 3.05) is 38.7 Å². The van der Waals surface area contributed by atoms with Crippen molar-refractivity contribution in [1.82, 2.24) is 40.4 Å². The second-order valence-corrected chi connectivity index (χ2v) is 11.5. The Morgan fingerprint density at radius 3 is 2.08 bits per heavy atom. The van der Waals surface area contributed by atoms with E-state index in [1.54, 1.807) is 55.3 Å². The predicted octanol–water partition coefficient (Wildman–Crippen LogP) is 5.87. The first-order valence-corrected chi connectivity index (χ1v) is 17.4. The van der Waals surface area contributed by atoms with E-state index in [1.165, 1.54) is 32.1 Å². The molecule has 5 rings (SSSR count). The number of nitrogens with one attached hydrogen (secondary N) is 2. The topological polar surface area (TPSA) is 183 Å². The number of aromatic nitrogens is 6. The highest BCUT2D eigenvalue weighted by Gasteiger charge is 2.19. The minimum atomic E-state index is -0.721. The molecule has 1 fully saturated rings. The molecule has 50 heavy (non-hydrogen) atoms. The summed E-state index contributed by atoms with van der Waals surface area (Å²) < 4.78 is 7.09. The van der Waals surface area contributed by atoms with Crippen LogP contribution in [0.15, 0.2) is 42.5 Å². The first-order valence-electron chi connectivity index (χ1n) is 17.4. The number of ether oxygens (including phenoxy) is 1. The fraction of sp³-hybridized carbons (Fsp3) is 0.500. The van der Waals surface area contributed by atoms with Gasteiger partial charge < -0.3 is 26.0 Å². The minimum absolute atomic E-state index is 0.0350. The summed E-state index contributed by atoms with van der Waals surface area (Å²) in [6, 6.07) is 12.6. The van der Waals surface area contributed by atoms with Crippen LogP contribution in [-0.4, -0.2) is 86.1 Å². The van der Waals surface area contributed by atoms with E-state index in [9.17, 15) is 14.4 Å². The number of unbranched alkanes of at least 4 members (excludes halogenated alkanes) is 4. The first-order chi connectivity index (χ1) is 24.1. The number of primary amides is 1. The number of hydrogen-bond acceptors (Lipinski definition) is 10. The van der Waals surface area contributed by atoms with Gasteiger partial charge in [-0.05, 0) is 63.2 Å². The van der Waals surface area contributed by atoms with Crippen molar-refractivity contribution in [2.45, 2.75) is 86.6 Å². The van der Waals surface area contributed by atoms with E-state index in [4.69, 9.17) is 10.5 Å². The number of amides is 3. The van der Waals surface area contributed by atoms with Crippen molar-refractivity contribution in [1.29, 1.82) is 0 Å². The van der Waals surface area contributed by atoms with Gasteiger partial charge >= 0.3 is 0 Å². The zero-order valence-electron chi connectivity index (χ0n) is 30.8. The third-order valence-corrected chi connectivity index (χ3v) is 7.38. The summed E-state index contributed by atoms with van der Waals surface area (Å²) in [5.41, 5.74) is 8.77. The van der Waals surface area contributed by atoms with E-state index in [2.05, 4.69) is 50.0 Å². The molecule has 1 aliphatic rings. The molecule has 3 heterocycles. The van der Waals surface area contributed by atoms with E-state index in [-0.39, 0.29) is 29.4 Å². The molecule has 0 aliphatic carbocycles. The summed E-state index contributed by atoms with van der Waals surface area (Å²) in [6.45, 7) is 16.5. The molecule has 0 atom stereocenters. The SMILES string of the molecule is CC.CCCCCCC.CNC(=O)c1ccc2c(c1)nnn2C(C)C.Cc1nnc(C(N)=O)c(Nc2ccc(C(=O)N3CCOCC3)cc2)n1. The van der Waals surface area contributed by atoms with Crippen LogP contribution in [0.5, 0.6) is 0 Å². The number of hydrogen-bond donors (Lipinski definition) is 3. The van der Waals surface area contributed by atoms with Gasteiger partial charge in [0, 0.05) is 43.0 Å². The van der Waals surface area contributed by atoms with Crippen LogP contribution in [-0.2, 0) is 4.74 Å². The summed E-state index contributed by atoms with van der Waals surface area (Å²) in [5, 5.41) is 21.2. The van der Waals surface area contributed by atoms with Gasteiger partial charge in [0.15, 0.2) is 11.5 Å². The Hall–Kier alpha value is -4.98. The Morgan fingerprint density at radius 1 is 0.900 bits per heavy atom. The molecule has 2 aromatic heterocycles. The van der Waals surface area contributed by atoms with Gasteiger partial charge in [-0.1, -0.05) is 65.0 Å². The van der Waals surface area contributed by atoms with Crippen molar-refractivity contribution < 1.29 is 19.1 Å². The number of benzene rings is 2. The fourth-order valence-electron chi connectivity index (χ4n) is 4.73. The maximum atomic E-state index is 12.4. The van der Waals surface area contributed by atoms with Crippen molar-refractivity contribution in [3.8, 4) is 0 Å². The van der Waals surface area contributed by atoms with Gasteiger partial charge in [-0.15, -0.1) is 15.3 Å². The Balaban J connectivity index is 0.000000296. The van der Waals surface area contributed by atoms with Crippen LogP contribution >= 0.6 is 0 Å². The summed E-state index contributed by atoms with van der Waals surface area (Å²) in [7, 11) is 1.61. The molecular weight excluding hydrogens is 636 g/mol. The third-order valence-electron chi connectivity index (χ3n) is 7.38. The average molecular weight is 691 g/mol. The first kappa shape index (κ1) is 41.2. The van der Waals surface area contributed by atoms with Crippen LogP contribution in [0.3, 0.4) is 0 Å². The Bertz CT molecular complexity index is 1630. The Labute approximate surface area is 295 Å². The van der Waals surface area contributed by atoms with Crippen molar-refractivity contribution in [3.05, 3.63) is 65.1 Å². The largest absolute Gasteiger partial charge is 0.378 e. The predicted molar refractivity (Wildman–Crippen MR) is 197 cm³/mol. The average Bonchev–Trinajstić information content (AvgIpc) is 3.57. The number of aryl methyl sites for hydroxylation is 1. The highest BCUT2D eigenvalue weighted by Crippen LogP contribution is 2.19. The molecule has 0 bridgehead atoms. The lowest BCUT2D eigenvalue weighted by Crippen LogP contribution is -2.40. The standard InChI is InChI=1S/C16H18N6O3.C11H14N4O.C7H16.C2H6/c1-10-18-15(13(14(17)23)21-20-10)19-12-4-2-11(3-5-12)16(24)22-6-8-25-9-7-22;1-7(2)15-10-5-4-8(11(16)12-3)6-9(10)13-14-15;1-3-5-7-6-4-2;1-2/h2-5H,6-9H2,1H3,(H2,17,23)(H,18,19,20);4-7H,1-3H3,(H,12,16);3-7H2,1-2H3;1-2H3. The second-order valence-electron chi connectivity index (χ2n) is 11.5. The monoisotopic (exact) mass is 690 g/mol. The quantitative estimate of drug-likeness (QED) is 0.170. The number of anilines is 2. The van der Waals surface area contributed by atoms with E-state index < -0.39 is 5.91 Å². The molecule has 4 aromatic rings. The van der Waals surface area contributed by atoms with Gasteiger partial charge in [-0.3, -0.25) is 14.4 Å². The lowest BCUT2D eigenvalue weighted by Gasteiger charge is -2.26. The number of carbonyl (C=O) groups excluding carboxylic acids is 3. The van der Waals surface area contributed by atoms with Gasteiger partial charge in [0.2, 0.25) is 0 Å². The molecule has 4 N–H and O–H groups in total. The van der Waals surface area contributed by atoms with Gasteiger partial charge in [0.05, 0.1) is 18.7 Å². The van der Waals surface area contributed by atoms with E-state index in [1.807, 2.05) is 38.4 Å². The second kappa shape index (κ2) is 21.9. The molecule has 3 amide bonds. The summed E-state index contributed by atoms with van der Waals surface area (Å²) in [6.07, 6.45) is 7.01. The molecule has 14 nitrogen and oxygen atoms in total. The Kier molecular flexibility index (Phi) is 18.0. The number of nitrogens with zero attached hydrogens (tertiary/aromatic N) is 7. The lowest BCUT2D eigenvalue weighted by molar-refractivity contribution is 0.0303. The molecule has 0 saturated carbocycles. The van der Waals surface area contributed by atoms with Gasteiger partial charge in [0.1, 0.15) is 11.3 Å². The zero-order valence-corrected chi connectivity index (χ0v) is 30.8. The number of rotatable bonds is 10. The normalized spacial score (nSPS) is 12.1. The molecule has 1 aliphatic heterocycles. The highest BCUT2D eigenvalue weighted by atomic mass is 16.5. The van der Waals surface area contributed by atoms with E-state index in [0.717, 1.165) is 11.0 Å². The van der Waals surface area contributed by atoms with Crippen molar-refractivity contribution >= 4 is 40.3 Å². The van der Waals surface area contributed by atoms with Crippen LogP contribution in [0.4, 0.5) is 11.5 Å². The van der Waals surface area contributed by atoms with Gasteiger partial charge in [0.25, 0.3) is 17.7 Å². The number of carbonyl (C=O) groups is 3. The van der Waals surface area contributed by atoms with Crippen molar-refractivity contribution in [2.24, 2.45) is 5.73 Å². The van der Waals surface area contributed by atoms with Gasteiger partial charge in [-0.25, -0.2) is 9.67 Å². The van der Waals surface area contributed by atoms with Crippen LogP contribution in [0.1, 0.15) is 117 Å². The van der Waals surface area contributed by atoms with Gasteiger partial charge in [-0.2, -0.15) is 0 Å². The molecule has 1 saturated heterocycles. The third kappa shape index (κ3) is 12.5. The molecule has 2 aromatic carbocycles. The maximum absolute atomic E-state index is 12.4. The molecule has 14 heteroatoms. The number of fused-ring (bicyclic) bond motifs is 1. The van der Waals surface area contributed by atoms with Crippen LogP contribution in [0.2, 0.25) is 0 Å². The Morgan fingerprint density at radius 2 is 1.52 bits per heavy atom. The summed E-state index contributed by atoms with van der Waals surface area (Å²) >= 11 is 0. The van der Waals surface area contributed by atoms with Crippen molar-refractivity contribution in [3.63, 3.8) is 0 Å². The van der Waals surface area contributed by atoms with E-state index >= 15 is 0 Å². The minimum Gasteiger partial charge on any atom is -0.378 e. The molecule has 0 unspecified atom stereocenters. The zero-order chi connectivity index (χ0) is 37.1. The fourth-order valence-corrected chi connectivity index (χ4v) is 4.73.